The molecule has 0 bridgehead atoms. The fourth-order valence-electron chi connectivity index (χ4n) is 1.45. The standard InChI is InChI=1S/C13H16F3N3O2/c1-17-7-6-11(20)19-10-4-2-9(3-5-10)12(21)18-8-13(14,15)16/h2-5,17H,6-8H2,1H3,(H,18,21)(H,19,20). The molecule has 5 nitrogen and oxygen atoms in total. The van der Waals surface area contributed by atoms with Gasteiger partial charge in [-0.1, -0.05) is 0 Å². The molecule has 1 aromatic carbocycles. The predicted molar refractivity (Wildman–Crippen MR) is 72.0 cm³/mol. The highest BCUT2D eigenvalue weighted by atomic mass is 19.4. The number of halogens is 3. The molecule has 1 rings (SSSR count). The predicted octanol–water partition coefficient (Wildman–Crippen LogP) is 1.53. The molecule has 0 aliphatic heterocycles. The minimum Gasteiger partial charge on any atom is -0.343 e. The molecule has 0 spiro atoms. The molecule has 3 N–H and O–H groups in total. The largest absolute Gasteiger partial charge is 0.405 e. The van der Waals surface area contributed by atoms with Crippen LogP contribution in [0.3, 0.4) is 0 Å². The average Bonchev–Trinajstić information content (AvgIpc) is 2.42. The van der Waals surface area contributed by atoms with Gasteiger partial charge in [-0.3, -0.25) is 9.59 Å². The quantitative estimate of drug-likeness (QED) is 0.746. The normalized spacial score (nSPS) is 11.0. The molecule has 0 fully saturated rings. The third kappa shape index (κ3) is 6.75. The molecule has 0 aromatic heterocycles. The second-order valence-corrected chi connectivity index (χ2v) is 4.28. The second-order valence-electron chi connectivity index (χ2n) is 4.28. The molecule has 0 heterocycles. The van der Waals surface area contributed by atoms with Gasteiger partial charge in [0.1, 0.15) is 6.54 Å². The van der Waals surface area contributed by atoms with Gasteiger partial charge in [0, 0.05) is 24.2 Å². The van der Waals surface area contributed by atoms with Gasteiger partial charge in [-0.15, -0.1) is 0 Å². The summed E-state index contributed by atoms with van der Waals surface area (Å²) in [6.45, 7) is -0.849. The topological polar surface area (TPSA) is 70.2 Å². The lowest BCUT2D eigenvalue weighted by Crippen LogP contribution is -2.33. The number of carbonyl (C=O) groups excluding carboxylic acids is 2. The monoisotopic (exact) mass is 303 g/mol. The summed E-state index contributed by atoms with van der Waals surface area (Å²) in [4.78, 5) is 22.9. The van der Waals surface area contributed by atoms with Crippen molar-refractivity contribution in [3.63, 3.8) is 0 Å². The molecule has 116 valence electrons. The van der Waals surface area contributed by atoms with Gasteiger partial charge in [0.05, 0.1) is 0 Å². The Labute approximate surface area is 119 Å². The summed E-state index contributed by atoms with van der Waals surface area (Å²) in [5, 5.41) is 7.20. The second kappa shape index (κ2) is 7.63. The first-order chi connectivity index (χ1) is 9.81. The van der Waals surface area contributed by atoms with Crippen LogP contribution in [0.25, 0.3) is 0 Å². The van der Waals surface area contributed by atoms with Crippen molar-refractivity contribution in [2.75, 3.05) is 25.5 Å². The molecule has 0 aliphatic rings. The van der Waals surface area contributed by atoms with Crippen molar-refractivity contribution in [1.82, 2.24) is 10.6 Å². The van der Waals surface area contributed by atoms with E-state index in [1.165, 1.54) is 24.3 Å². The Bertz CT molecular complexity index is 486. The van der Waals surface area contributed by atoms with E-state index in [1.807, 2.05) is 0 Å². The van der Waals surface area contributed by atoms with Crippen molar-refractivity contribution < 1.29 is 22.8 Å². The van der Waals surface area contributed by atoms with Crippen LogP contribution in [0.1, 0.15) is 16.8 Å². The van der Waals surface area contributed by atoms with E-state index in [2.05, 4.69) is 10.6 Å². The number of rotatable bonds is 6. The van der Waals surface area contributed by atoms with Crippen molar-refractivity contribution in [2.45, 2.75) is 12.6 Å². The number of carbonyl (C=O) groups is 2. The van der Waals surface area contributed by atoms with Crippen molar-refractivity contribution in [2.24, 2.45) is 0 Å². The van der Waals surface area contributed by atoms with Crippen LogP contribution >= 0.6 is 0 Å². The van der Waals surface area contributed by atoms with Gasteiger partial charge in [-0.25, -0.2) is 0 Å². The molecule has 0 atom stereocenters. The van der Waals surface area contributed by atoms with Crippen LogP contribution in [0.2, 0.25) is 0 Å². The molecule has 0 saturated carbocycles. The molecular formula is C13H16F3N3O2. The molecule has 8 heteroatoms. The van der Waals surface area contributed by atoms with E-state index in [4.69, 9.17) is 0 Å². The van der Waals surface area contributed by atoms with E-state index in [1.54, 1.807) is 12.4 Å². The van der Waals surface area contributed by atoms with Gasteiger partial charge in [0.15, 0.2) is 0 Å². The summed E-state index contributed by atoms with van der Waals surface area (Å²) in [5.74, 6) is -1.01. The van der Waals surface area contributed by atoms with Gasteiger partial charge in [0.2, 0.25) is 5.91 Å². The van der Waals surface area contributed by atoms with Crippen LogP contribution in [0.15, 0.2) is 24.3 Å². The van der Waals surface area contributed by atoms with Crippen LogP contribution in [-0.4, -0.2) is 38.1 Å². The smallest absolute Gasteiger partial charge is 0.343 e. The number of nitrogens with one attached hydrogen (secondary N) is 3. The molecule has 0 saturated heterocycles. The van der Waals surface area contributed by atoms with E-state index in [0.717, 1.165) is 0 Å². The maximum atomic E-state index is 12.0. The molecule has 0 unspecified atom stereocenters. The summed E-state index contributed by atoms with van der Waals surface area (Å²) in [6, 6.07) is 5.61. The third-order valence-electron chi connectivity index (χ3n) is 2.48. The lowest BCUT2D eigenvalue weighted by Gasteiger charge is -2.09. The summed E-state index contributed by atoms with van der Waals surface area (Å²) < 4.78 is 35.9. The maximum absolute atomic E-state index is 12.0. The zero-order valence-corrected chi connectivity index (χ0v) is 11.4. The minimum absolute atomic E-state index is 0.0903. The number of hydrogen-bond donors (Lipinski definition) is 3. The van der Waals surface area contributed by atoms with Gasteiger partial charge >= 0.3 is 6.18 Å². The highest BCUT2D eigenvalue weighted by Crippen LogP contribution is 2.13. The zero-order valence-electron chi connectivity index (χ0n) is 11.4. The Hall–Kier alpha value is -2.09. The molecule has 2 amide bonds. The molecular weight excluding hydrogens is 287 g/mol. The van der Waals surface area contributed by atoms with Crippen LogP contribution in [0, 0.1) is 0 Å². The molecule has 0 aliphatic carbocycles. The van der Waals surface area contributed by atoms with Crippen molar-refractivity contribution in [3.8, 4) is 0 Å². The molecule has 0 radical (unpaired) electrons. The van der Waals surface area contributed by atoms with Gasteiger partial charge in [-0.2, -0.15) is 13.2 Å². The van der Waals surface area contributed by atoms with Crippen LogP contribution in [0.5, 0.6) is 0 Å². The Morgan fingerprint density at radius 1 is 1.14 bits per heavy atom. The first-order valence-electron chi connectivity index (χ1n) is 6.21. The Kier molecular flexibility index (Phi) is 6.16. The lowest BCUT2D eigenvalue weighted by atomic mass is 10.2. The first kappa shape index (κ1) is 17.0. The summed E-state index contributed by atoms with van der Waals surface area (Å²) in [5.41, 5.74) is 0.566. The fraction of sp³-hybridized carbons (Fsp3) is 0.385. The minimum atomic E-state index is -4.45. The number of anilines is 1. The number of hydrogen-bond acceptors (Lipinski definition) is 3. The highest BCUT2D eigenvalue weighted by Gasteiger charge is 2.27. The summed E-state index contributed by atoms with van der Waals surface area (Å²) >= 11 is 0. The Balaban J connectivity index is 2.53. The zero-order chi connectivity index (χ0) is 15.9. The lowest BCUT2D eigenvalue weighted by molar-refractivity contribution is -0.123. The first-order valence-corrected chi connectivity index (χ1v) is 6.21. The SMILES string of the molecule is CNCCC(=O)Nc1ccc(C(=O)NCC(F)(F)F)cc1. The number of benzene rings is 1. The van der Waals surface area contributed by atoms with Gasteiger partial charge in [-0.05, 0) is 31.3 Å². The molecule has 21 heavy (non-hydrogen) atoms. The summed E-state index contributed by atoms with van der Waals surface area (Å²) in [7, 11) is 1.72. The van der Waals surface area contributed by atoms with E-state index < -0.39 is 18.6 Å². The highest BCUT2D eigenvalue weighted by molar-refractivity contribution is 5.95. The van der Waals surface area contributed by atoms with Gasteiger partial charge < -0.3 is 16.0 Å². The number of amides is 2. The fourth-order valence-corrected chi connectivity index (χ4v) is 1.45. The molecule has 1 aromatic rings. The van der Waals surface area contributed by atoms with Crippen LogP contribution in [0.4, 0.5) is 18.9 Å². The van der Waals surface area contributed by atoms with E-state index in [0.29, 0.717) is 18.7 Å². The van der Waals surface area contributed by atoms with Crippen molar-refractivity contribution in [1.29, 1.82) is 0 Å². The van der Waals surface area contributed by atoms with E-state index in [9.17, 15) is 22.8 Å². The van der Waals surface area contributed by atoms with Crippen LogP contribution < -0.4 is 16.0 Å². The third-order valence-corrected chi connectivity index (χ3v) is 2.48. The Morgan fingerprint density at radius 2 is 1.76 bits per heavy atom. The Morgan fingerprint density at radius 3 is 2.29 bits per heavy atom. The summed E-state index contributed by atoms with van der Waals surface area (Å²) in [6.07, 6.45) is -4.15. The number of alkyl halides is 3. The van der Waals surface area contributed by atoms with E-state index in [-0.39, 0.29) is 11.5 Å². The average molecular weight is 303 g/mol. The van der Waals surface area contributed by atoms with Gasteiger partial charge in [0.25, 0.3) is 5.91 Å². The van der Waals surface area contributed by atoms with Crippen molar-refractivity contribution in [3.05, 3.63) is 29.8 Å². The maximum Gasteiger partial charge on any atom is 0.405 e. The van der Waals surface area contributed by atoms with E-state index >= 15 is 0 Å². The van der Waals surface area contributed by atoms with Crippen molar-refractivity contribution >= 4 is 17.5 Å². The van der Waals surface area contributed by atoms with Crippen LogP contribution in [-0.2, 0) is 4.79 Å².